The van der Waals surface area contributed by atoms with Crippen LogP contribution in [0.1, 0.15) is 54.3 Å². The third-order valence-corrected chi connectivity index (χ3v) is 8.98. The first-order valence-corrected chi connectivity index (χ1v) is 15.9. The van der Waals surface area contributed by atoms with Crippen LogP contribution in [-0.2, 0) is 20.8 Å². The molecule has 46 heavy (non-hydrogen) atoms. The zero-order chi connectivity index (χ0) is 33.7. The number of sulfone groups is 1. The average Bonchev–Trinajstić information content (AvgIpc) is 3.45. The molecular weight excluding hydrogens is 641 g/mol. The van der Waals surface area contributed by atoms with Gasteiger partial charge < -0.3 is 24.8 Å². The molecule has 17 heteroatoms. The predicted octanol–water partition coefficient (Wildman–Crippen LogP) is 4.19. The van der Waals surface area contributed by atoms with Gasteiger partial charge in [-0.05, 0) is 36.4 Å². The van der Waals surface area contributed by atoms with E-state index in [-0.39, 0.29) is 46.6 Å². The quantitative estimate of drug-likeness (QED) is 0.254. The zero-order valence-corrected chi connectivity index (χ0v) is 25.6. The molecule has 0 spiro atoms. The summed E-state index contributed by atoms with van der Waals surface area (Å²) in [6.45, 7) is 1.86. The number of hydrogen-bond acceptors (Lipinski definition) is 10. The Morgan fingerprint density at radius 3 is 2.26 bits per heavy atom. The van der Waals surface area contributed by atoms with Crippen LogP contribution in [0.2, 0.25) is 0 Å². The van der Waals surface area contributed by atoms with Gasteiger partial charge in [0.25, 0.3) is 5.91 Å². The monoisotopic (exact) mass is 673 g/mol. The van der Waals surface area contributed by atoms with Crippen LogP contribution in [0.4, 0.5) is 27.9 Å². The van der Waals surface area contributed by atoms with Crippen LogP contribution < -0.4 is 15.0 Å². The smallest absolute Gasteiger partial charge is 0.416 e. The van der Waals surface area contributed by atoms with Crippen molar-refractivity contribution in [2.45, 2.75) is 62.1 Å². The maximum Gasteiger partial charge on any atom is 0.416 e. The first kappa shape index (κ1) is 34.9. The van der Waals surface area contributed by atoms with E-state index in [2.05, 4.69) is 20.3 Å². The van der Waals surface area contributed by atoms with Crippen LogP contribution in [0.15, 0.2) is 59.9 Å². The Kier molecular flexibility index (Phi) is 10.8. The van der Waals surface area contributed by atoms with Crippen LogP contribution >= 0.6 is 0 Å². The van der Waals surface area contributed by atoms with E-state index in [9.17, 15) is 40.3 Å². The van der Waals surface area contributed by atoms with Crippen LogP contribution in [0.3, 0.4) is 0 Å². The Bertz CT molecular complexity index is 1580. The second kappa shape index (κ2) is 14.2. The number of alkyl halides is 5. The zero-order valence-electron chi connectivity index (χ0n) is 24.7. The number of anilines is 1. The largest absolute Gasteiger partial charge is 0.489 e. The van der Waals surface area contributed by atoms with Gasteiger partial charge >= 0.3 is 12.3 Å². The number of aromatic nitrogens is 3. The molecular formula is C29H32F5N5O6S. The molecule has 3 heterocycles. The van der Waals surface area contributed by atoms with Gasteiger partial charge in [-0.3, -0.25) is 9.78 Å². The molecule has 2 N–H and O–H groups in total. The lowest BCUT2D eigenvalue weighted by Gasteiger charge is -2.26. The van der Waals surface area contributed by atoms with E-state index < -0.39 is 71.4 Å². The van der Waals surface area contributed by atoms with E-state index in [0.29, 0.717) is 0 Å². The number of aliphatic hydroxyl groups is 1. The minimum Gasteiger partial charge on any atom is -0.489 e. The first-order valence-electron chi connectivity index (χ1n) is 14.2. The van der Waals surface area contributed by atoms with Gasteiger partial charge in [0, 0.05) is 31.4 Å². The fourth-order valence-electron chi connectivity index (χ4n) is 4.59. The molecule has 1 fully saturated rings. The summed E-state index contributed by atoms with van der Waals surface area (Å²) in [7, 11) is -3.49. The van der Waals surface area contributed by atoms with Crippen molar-refractivity contribution in [3.63, 3.8) is 0 Å². The lowest BCUT2D eigenvalue weighted by atomic mass is 10.2. The summed E-state index contributed by atoms with van der Waals surface area (Å²) in [5.41, 5.74) is -0.638. The van der Waals surface area contributed by atoms with Gasteiger partial charge in [-0.15, -0.1) is 0 Å². The van der Waals surface area contributed by atoms with Crippen molar-refractivity contribution in [2.75, 3.05) is 30.4 Å². The third-order valence-electron chi connectivity index (χ3n) is 7.26. The second-order valence-corrected chi connectivity index (χ2v) is 12.7. The molecule has 1 unspecified atom stereocenters. The summed E-state index contributed by atoms with van der Waals surface area (Å²) in [5.74, 6) is -0.574. The average molecular weight is 674 g/mol. The molecule has 1 aromatic carbocycles. The summed E-state index contributed by atoms with van der Waals surface area (Å²) in [4.78, 5) is 27.0. The van der Waals surface area contributed by atoms with Crippen LogP contribution in [0.5, 0.6) is 5.75 Å². The maximum atomic E-state index is 13.9. The van der Waals surface area contributed by atoms with E-state index in [1.165, 1.54) is 50.5 Å². The third kappa shape index (κ3) is 8.64. The van der Waals surface area contributed by atoms with Crippen molar-refractivity contribution in [1.82, 2.24) is 20.3 Å². The summed E-state index contributed by atoms with van der Waals surface area (Å²) in [6, 6.07) is 5.13. The molecule has 2 aromatic heterocycles. The number of nitrogens with one attached hydrogen (secondary N) is 1. The normalized spacial score (nSPS) is 18.0. The van der Waals surface area contributed by atoms with E-state index in [0.717, 1.165) is 18.3 Å². The first-order chi connectivity index (χ1) is 21.7. The predicted molar refractivity (Wildman–Crippen MR) is 154 cm³/mol. The van der Waals surface area contributed by atoms with Crippen molar-refractivity contribution < 1.29 is 49.7 Å². The van der Waals surface area contributed by atoms with Crippen LogP contribution in [0.25, 0.3) is 0 Å². The van der Waals surface area contributed by atoms with Crippen LogP contribution in [0, 0.1) is 0 Å². The fraction of sp³-hybridized carbons (Fsp3) is 0.448. The van der Waals surface area contributed by atoms with Gasteiger partial charge in [0.15, 0.2) is 9.84 Å². The van der Waals surface area contributed by atoms with Gasteiger partial charge in [0.1, 0.15) is 11.9 Å². The molecule has 3 atom stereocenters. The number of aliphatic hydroxyl groups excluding tert-OH is 1. The molecule has 0 aliphatic carbocycles. The Morgan fingerprint density at radius 1 is 1.04 bits per heavy atom. The summed E-state index contributed by atoms with van der Waals surface area (Å²) in [5, 5.41) is 12.4. The second-order valence-electron chi connectivity index (χ2n) is 10.4. The van der Waals surface area contributed by atoms with Crippen molar-refractivity contribution in [3.8, 4) is 5.75 Å². The number of benzene rings is 1. The minimum absolute atomic E-state index is 0.00165. The minimum atomic E-state index is -4.52. The molecule has 1 aliphatic heterocycles. The molecule has 4 rings (SSSR count). The van der Waals surface area contributed by atoms with Gasteiger partial charge in [-0.2, -0.15) is 22.0 Å². The van der Waals surface area contributed by atoms with Crippen molar-refractivity contribution in [2.24, 2.45) is 0 Å². The Hall–Kier alpha value is -3.96. The number of amides is 1. The van der Waals surface area contributed by atoms with E-state index in [1.54, 1.807) is 4.90 Å². The number of hydrogen-bond donors (Lipinski definition) is 2. The van der Waals surface area contributed by atoms with Crippen molar-refractivity contribution in [1.29, 1.82) is 0 Å². The molecule has 0 bridgehead atoms. The van der Waals surface area contributed by atoms with E-state index >= 15 is 0 Å². The number of nitrogens with zero attached hydrogens (tertiary/aromatic N) is 4. The van der Waals surface area contributed by atoms with Gasteiger partial charge in [0.05, 0.1) is 59.3 Å². The van der Waals surface area contributed by atoms with Gasteiger partial charge in [-0.1, -0.05) is 13.8 Å². The van der Waals surface area contributed by atoms with Crippen molar-refractivity contribution in [3.05, 3.63) is 71.8 Å². The molecule has 0 saturated carbocycles. The van der Waals surface area contributed by atoms with Crippen LogP contribution in [-0.4, -0.2) is 78.1 Å². The number of pyridine rings is 1. The van der Waals surface area contributed by atoms with E-state index in [4.69, 9.17) is 9.47 Å². The molecule has 1 aliphatic rings. The van der Waals surface area contributed by atoms with Crippen molar-refractivity contribution >= 4 is 21.7 Å². The Labute approximate surface area is 261 Å². The number of carbonyl (C=O) groups is 1. The standard InChI is InChI=1S/C29H32F5N5O6S/c1-3-28(30,31)44-17-20-11-22(45-21-7-5-19(6-8-21)29(32,33)34)15-39(20)27-36-12-18(13-37-27)26(41)38-25(16-40)24-10-9-23(14-35-24)46(42,43)4-2/h5-10,12-14,20,22,25,40H,3-4,11,15-17H2,1-2H3,(H,38,41)/t20-,22-,25?/m0/s1. The fourth-order valence-corrected chi connectivity index (χ4v) is 5.41. The number of halogens is 5. The molecule has 3 aromatic rings. The lowest BCUT2D eigenvalue weighted by molar-refractivity contribution is -0.241. The number of carbonyl (C=O) groups excluding carboxylic acids is 1. The van der Waals surface area contributed by atoms with E-state index in [1.807, 2.05) is 0 Å². The Balaban J connectivity index is 1.46. The molecule has 1 saturated heterocycles. The summed E-state index contributed by atoms with van der Waals surface area (Å²) >= 11 is 0. The number of ether oxygens (including phenoxy) is 2. The highest BCUT2D eigenvalue weighted by Gasteiger charge is 2.38. The highest BCUT2D eigenvalue weighted by Crippen LogP contribution is 2.32. The molecule has 0 radical (unpaired) electrons. The SMILES string of the molecule is CCC(F)(F)OC[C@@H]1C[C@H](Oc2ccc(C(F)(F)F)cc2)CN1c1ncc(C(=O)NC(CO)c2ccc(S(=O)(=O)CC)cn2)cn1. The summed E-state index contributed by atoms with van der Waals surface area (Å²) < 4.78 is 101. The molecule has 11 nitrogen and oxygen atoms in total. The highest BCUT2D eigenvalue weighted by atomic mass is 32.2. The van der Waals surface area contributed by atoms with Gasteiger partial charge in [0.2, 0.25) is 5.95 Å². The number of rotatable bonds is 13. The summed E-state index contributed by atoms with van der Waals surface area (Å²) in [6.07, 6.45) is -5.40. The lowest BCUT2D eigenvalue weighted by Crippen LogP contribution is -2.37. The molecule has 250 valence electrons. The Morgan fingerprint density at radius 2 is 1.72 bits per heavy atom. The maximum absolute atomic E-state index is 13.9. The van der Waals surface area contributed by atoms with Gasteiger partial charge in [-0.25, -0.2) is 18.4 Å². The highest BCUT2D eigenvalue weighted by molar-refractivity contribution is 7.91. The molecule has 1 amide bonds. The topological polar surface area (TPSA) is 144 Å².